The van der Waals surface area contributed by atoms with Gasteiger partial charge in [0.2, 0.25) is 0 Å². The van der Waals surface area contributed by atoms with Gasteiger partial charge >= 0.3 is 0 Å². The zero-order chi connectivity index (χ0) is 17.3. The van der Waals surface area contributed by atoms with Gasteiger partial charge in [-0.25, -0.2) is 4.98 Å². The third kappa shape index (κ3) is 3.14. The maximum absolute atomic E-state index is 12.3. The molecule has 0 aliphatic carbocycles. The smallest absolute Gasteiger partial charge is 0.258 e. The van der Waals surface area contributed by atoms with Crippen LogP contribution in [-0.4, -0.2) is 44.5 Å². The lowest BCUT2D eigenvalue weighted by molar-refractivity contribution is -0.124. The molecule has 1 fully saturated rings. The zero-order valence-electron chi connectivity index (χ0n) is 14.4. The molecule has 0 saturated carbocycles. The Balaban J connectivity index is 1.59. The summed E-state index contributed by atoms with van der Waals surface area (Å²) < 4.78 is 15.0. The number of imidazole rings is 1. The average molecular weight is 333 g/mol. The molecule has 1 aliphatic rings. The molecule has 3 heterocycles. The number of amides is 1. The summed E-state index contributed by atoms with van der Waals surface area (Å²) in [5.74, 6) is 1.31. The molecule has 0 bridgehead atoms. The summed E-state index contributed by atoms with van der Waals surface area (Å²) in [7, 11) is 3.77. The minimum atomic E-state index is -0.226. The first-order valence-electron chi connectivity index (χ1n) is 7.98. The first-order valence-corrected chi connectivity index (χ1v) is 7.98. The van der Waals surface area contributed by atoms with Crippen LogP contribution < -0.4 is 10.1 Å². The van der Waals surface area contributed by atoms with Gasteiger partial charge < -0.3 is 19.4 Å². The van der Waals surface area contributed by atoms with Gasteiger partial charge in [-0.15, -0.1) is 0 Å². The molecule has 0 aromatic carbocycles. The molecule has 24 heavy (non-hydrogen) atoms. The maximum Gasteiger partial charge on any atom is 0.258 e. The zero-order valence-corrected chi connectivity index (χ0v) is 14.4. The molecule has 1 N–H and O–H groups in total. The number of nitrogens with one attached hydrogen (secondary N) is 1. The van der Waals surface area contributed by atoms with Crippen molar-refractivity contribution in [2.24, 2.45) is 14.1 Å². The van der Waals surface area contributed by atoms with Crippen LogP contribution >= 0.6 is 0 Å². The Bertz CT molecular complexity index is 736. The predicted molar refractivity (Wildman–Crippen MR) is 86.6 cm³/mol. The van der Waals surface area contributed by atoms with Crippen LogP contribution in [0.5, 0.6) is 5.75 Å². The SMILES string of the molecule is Cc1nn(C)c(C)c1OCC(=O)N[C@H]1CCO[C@@H]1c1nccn1C. The van der Waals surface area contributed by atoms with E-state index in [9.17, 15) is 4.79 Å². The van der Waals surface area contributed by atoms with E-state index in [1.54, 1.807) is 10.9 Å². The van der Waals surface area contributed by atoms with Crippen molar-refractivity contribution in [3.63, 3.8) is 0 Å². The molecular weight excluding hydrogens is 310 g/mol. The van der Waals surface area contributed by atoms with E-state index in [4.69, 9.17) is 9.47 Å². The number of nitrogens with zero attached hydrogens (tertiary/aromatic N) is 4. The fourth-order valence-electron chi connectivity index (χ4n) is 2.99. The van der Waals surface area contributed by atoms with Crippen molar-refractivity contribution in [2.75, 3.05) is 13.2 Å². The predicted octanol–water partition coefficient (Wildman–Crippen LogP) is 0.796. The van der Waals surface area contributed by atoms with Gasteiger partial charge in [0.25, 0.3) is 5.91 Å². The van der Waals surface area contributed by atoms with Crippen molar-refractivity contribution in [3.05, 3.63) is 29.6 Å². The second-order valence-electron chi connectivity index (χ2n) is 6.06. The van der Waals surface area contributed by atoms with Crippen LogP contribution in [0.25, 0.3) is 0 Å². The van der Waals surface area contributed by atoms with Gasteiger partial charge in [-0.1, -0.05) is 0 Å². The van der Waals surface area contributed by atoms with E-state index in [-0.39, 0.29) is 24.7 Å². The van der Waals surface area contributed by atoms with E-state index >= 15 is 0 Å². The van der Waals surface area contributed by atoms with Gasteiger partial charge in [0.1, 0.15) is 17.6 Å². The molecular formula is C16H23N5O3. The van der Waals surface area contributed by atoms with Crippen molar-refractivity contribution < 1.29 is 14.3 Å². The Morgan fingerprint density at radius 1 is 1.46 bits per heavy atom. The lowest BCUT2D eigenvalue weighted by Gasteiger charge is -2.19. The molecule has 8 nitrogen and oxygen atoms in total. The summed E-state index contributed by atoms with van der Waals surface area (Å²) in [6.45, 7) is 4.33. The molecule has 1 aliphatic heterocycles. The lowest BCUT2D eigenvalue weighted by atomic mass is 10.1. The molecule has 2 aromatic rings. The average Bonchev–Trinajstić information content (AvgIpc) is 3.20. The van der Waals surface area contributed by atoms with E-state index in [1.165, 1.54) is 0 Å². The number of aryl methyl sites for hydroxylation is 3. The van der Waals surface area contributed by atoms with Crippen molar-refractivity contribution in [1.29, 1.82) is 0 Å². The standard InChI is InChI=1S/C16H23N5O3/c1-10-14(11(2)21(4)19-10)24-9-13(22)18-12-5-8-23-15(12)16-17-6-7-20(16)3/h6-7,12,15H,5,8-9H2,1-4H3,(H,18,22)/t12-,15-/m0/s1. The number of hydrogen-bond acceptors (Lipinski definition) is 5. The molecule has 0 radical (unpaired) electrons. The molecule has 8 heteroatoms. The van der Waals surface area contributed by atoms with Crippen LogP contribution in [0, 0.1) is 13.8 Å². The summed E-state index contributed by atoms with van der Waals surface area (Å²) >= 11 is 0. The van der Waals surface area contributed by atoms with Gasteiger partial charge in [0.15, 0.2) is 12.4 Å². The normalized spacial score (nSPS) is 20.3. The quantitative estimate of drug-likeness (QED) is 0.875. The van der Waals surface area contributed by atoms with Crippen molar-refractivity contribution in [2.45, 2.75) is 32.4 Å². The van der Waals surface area contributed by atoms with Crippen LogP contribution in [0.4, 0.5) is 0 Å². The highest BCUT2D eigenvalue weighted by molar-refractivity contribution is 5.78. The second kappa shape index (κ2) is 6.64. The van der Waals surface area contributed by atoms with Gasteiger partial charge in [-0.2, -0.15) is 5.10 Å². The van der Waals surface area contributed by atoms with Crippen LogP contribution in [0.3, 0.4) is 0 Å². The van der Waals surface area contributed by atoms with Crippen molar-refractivity contribution >= 4 is 5.91 Å². The molecule has 2 atom stereocenters. The number of ether oxygens (including phenoxy) is 2. The maximum atomic E-state index is 12.3. The third-order valence-electron chi connectivity index (χ3n) is 4.34. The van der Waals surface area contributed by atoms with Crippen molar-refractivity contribution in [1.82, 2.24) is 24.6 Å². The molecule has 3 rings (SSSR count). The number of aromatic nitrogens is 4. The van der Waals surface area contributed by atoms with Gasteiger partial charge in [-0.3, -0.25) is 9.48 Å². The molecule has 0 unspecified atom stereocenters. The molecule has 0 spiro atoms. The van der Waals surface area contributed by atoms with E-state index < -0.39 is 0 Å². The molecule has 130 valence electrons. The summed E-state index contributed by atoms with van der Waals surface area (Å²) in [4.78, 5) is 16.6. The second-order valence-corrected chi connectivity index (χ2v) is 6.06. The van der Waals surface area contributed by atoms with Gasteiger partial charge in [0.05, 0.1) is 11.7 Å². The summed E-state index contributed by atoms with van der Waals surface area (Å²) in [6, 6.07) is -0.0988. The highest BCUT2D eigenvalue weighted by atomic mass is 16.5. The third-order valence-corrected chi connectivity index (χ3v) is 4.34. The highest BCUT2D eigenvalue weighted by Crippen LogP contribution is 2.27. The van der Waals surface area contributed by atoms with Gasteiger partial charge in [0, 0.05) is 33.1 Å². The topological polar surface area (TPSA) is 83.2 Å². The number of rotatable bonds is 5. The summed E-state index contributed by atoms with van der Waals surface area (Å²) in [6.07, 6.45) is 4.13. The lowest BCUT2D eigenvalue weighted by Crippen LogP contribution is -2.40. The number of hydrogen-bond donors (Lipinski definition) is 1. The van der Waals surface area contributed by atoms with Crippen LogP contribution in [0.15, 0.2) is 12.4 Å². The van der Waals surface area contributed by atoms with Crippen LogP contribution in [0.2, 0.25) is 0 Å². The summed E-state index contributed by atoms with van der Waals surface area (Å²) in [5, 5.41) is 7.27. The van der Waals surface area contributed by atoms with E-state index in [0.29, 0.717) is 12.4 Å². The Morgan fingerprint density at radius 2 is 2.25 bits per heavy atom. The first-order chi connectivity index (χ1) is 11.5. The monoisotopic (exact) mass is 333 g/mol. The van der Waals surface area contributed by atoms with E-state index in [0.717, 1.165) is 23.6 Å². The Labute approximate surface area is 140 Å². The highest BCUT2D eigenvalue weighted by Gasteiger charge is 2.33. The van der Waals surface area contributed by atoms with Crippen LogP contribution in [0.1, 0.15) is 29.7 Å². The fourth-order valence-corrected chi connectivity index (χ4v) is 2.99. The Morgan fingerprint density at radius 3 is 2.88 bits per heavy atom. The Hall–Kier alpha value is -2.35. The van der Waals surface area contributed by atoms with Gasteiger partial charge in [-0.05, 0) is 20.3 Å². The molecule has 1 amide bonds. The first kappa shape index (κ1) is 16.5. The van der Waals surface area contributed by atoms with Crippen molar-refractivity contribution in [3.8, 4) is 5.75 Å². The molecule has 2 aromatic heterocycles. The Kier molecular flexibility index (Phi) is 4.57. The largest absolute Gasteiger partial charge is 0.480 e. The van der Waals surface area contributed by atoms with E-state index in [1.807, 2.05) is 38.7 Å². The molecule has 1 saturated heterocycles. The fraction of sp³-hybridized carbons (Fsp3) is 0.562. The summed E-state index contributed by atoms with van der Waals surface area (Å²) in [5.41, 5.74) is 1.67. The minimum absolute atomic E-state index is 0.0445. The van der Waals surface area contributed by atoms with E-state index in [2.05, 4.69) is 15.4 Å². The number of carbonyl (C=O) groups excluding carboxylic acids is 1. The number of carbonyl (C=O) groups is 1. The minimum Gasteiger partial charge on any atom is -0.480 e. The van der Waals surface area contributed by atoms with Crippen LogP contribution in [-0.2, 0) is 23.6 Å².